The minimum absolute atomic E-state index is 0.141. The minimum Gasteiger partial charge on any atom is -0.480 e. The number of amides is 1. The van der Waals surface area contributed by atoms with Gasteiger partial charge in [-0.1, -0.05) is 36.4 Å². The second-order valence-electron chi connectivity index (χ2n) is 6.45. The van der Waals surface area contributed by atoms with E-state index in [9.17, 15) is 14.7 Å². The molecule has 2 heterocycles. The van der Waals surface area contributed by atoms with Gasteiger partial charge in [-0.25, -0.2) is 9.48 Å². The number of hydrogen-bond acceptors (Lipinski definition) is 5. The summed E-state index contributed by atoms with van der Waals surface area (Å²) in [7, 11) is 0. The second-order valence-corrected chi connectivity index (χ2v) is 6.45. The number of nitrogens with zero attached hydrogens (tertiary/aromatic N) is 5. The summed E-state index contributed by atoms with van der Waals surface area (Å²) in [6.07, 6.45) is 1.96. The number of carboxylic acids is 1. The highest BCUT2D eigenvalue weighted by Gasteiger charge is 2.34. The van der Waals surface area contributed by atoms with Crippen LogP contribution in [0.4, 0.5) is 0 Å². The van der Waals surface area contributed by atoms with Crippen LogP contribution in [0.1, 0.15) is 16.7 Å². The average molecular weight is 363 g/mol. The van der Waals surface area contributed by atoms with E-state index in [2.05, 4.69) is 15.5 Å². The van der Waals surface area contributed by atoms with E-state index < -0.39 is 12.0 Å². The topological polar surface area (TPSA) is 101 Å². The maximum Gasteiger partial charge on any atom is 0.326 e. The molecule has 1 N–H and O–H groups in total. The van der Waals surface area contributed by atoms with Crippen molar-refractivity contribution in [1.29, 1.82) is 0 Å². The summed E-state index contributed by atoms with van der Waals surface area (Å²) < 4.78 is 1.52. The summed E-state index contributed by atoms with van der Waals surface area (Å²) in [4.78, 5) is 26.0. The molecular formula is C19H17N5O3. The molecule has 4 rings (SSSR count). The van der Waals surface area contributed by atoms with E-state index in [0.29, 0.717) is 13.0 Å². The highest BCUT2D eigenvalue weighted by Crippen LogP contribution is 2.24. The number of hydrogen-bond donors (Lipinski definition) is 1. The van der Waals surface area contributed by atoms with Gasteiger partial charge < -0.3 is 10.0 Å². The van der Waals surface area contributed by atoms with Gasteiger partial charge in [-0.05, 0) is 39.2 Å². The molecule has 1 aromatic heterocycles. The van der Waals surface area contributed by atoms with Gasteiger partial charge in [0, 0.05) is 13.0 Å². The van der Waals surface area contributed by atoms with Crippen LogP contribution in [0.2, 0.25) is 0 Å². The number of benzene rings is 2. The fraction of sp³-hybridized carbons (Fsp3) is 0.211. The lowest BCUT2D eigenvalue weighted by Crippen LogP contribution is -2.49. The van der Waals surface area contributed by atoms with Crippen LogP contribution in [-0.2, 0) is 29.0 Å². The van der Waals surface area contributed by atoms with Crippen molar-refractivity contribution in [2.45, 2.75) is 25.4 Å². The van der Waals surface area contributed by atoms with Gasteiger partial charge in [0.1, 0.15) is 12.4 Å². The Morgan fingerprint density at radius 3 is 2.48 bits per heavy atom. The molecule has 27 heavy (non-hydrogen) atoms. The van der Waals surface area contributed by atoms with Crippen molar-refractivity contribution < 1.29 is 14.7 Å². The van der Waals surface area contributed by atoms with E-state index >= 15 is 0 Å². The van der Waals surface area contributed by atoms with Crippen molar-refractivity contribution in [3.63, 3.8) is 0 Å². The molecular weight excluding hydrogens is 346 g/mol. The van der Waals surface area contributed by atoms with Crippen molar-refractivity contribution in [1.82, 2.24) is 25.1 Å². The molecule has 3 aromatic rings. The van der Waals surface area contributed by atoms with Crippen LogP contribution in [0.3, 0.4) is 0 Å². The Labute approximate surface area is 155 Å². The number of fused-ring (bicyclic) bond motifs is 1. The third-order valence-corrected chi connectivity index (χ3v) is 4.76. The predicted octanol–water partition coefficient (Wildman–Crippen LogP) is 1.24. The van der Waals surface area contributed by atoms with E-state index in [1.54, 1.807) is 0 Å². The van der Waals surface area contributed by atoms with E-state index in [0.717, 1.165) is 22.4 Å². The van der Waals surface area contributed by atoms with Crippen molar-refractivity contribution in [3.8, 4) is 5.69 Å². The van der Waals surface area contributed by atoms with Crippen molar-refractivity contribution >= 4 is 11.9 Å². The molecule has 1 amide bonds. The molecule has 0 radical (unpaired) electrons. The van der Waals surface area contributed by atoms with Crippen molar-refractivity contribution in [2.24, 2.45) is 0 Å². The first-order valence-corrected chi connectivity index (χ1v) is 8.53. The zero-order valence-corrected chi connectivity index (χ0v) is 14.4. The van der Waals surface area contributed by atoms with Gasteiger partial charge in [0.15, 0.2) is 0 Å². The van der Waals surface area contributed by atoms with E-state index in [1.807, 2.05) is 48.5 Å². The molecule has 136 valence electrons. The first kappa shape index (κ1) is 16.9. The maximum absolute atomic E-state index is 12.8. The molecule has 0 saturated carbocycles. The maximum atomic E-state index is 12.8. The summed E-state index contributed by atoms with van der Waals surface area (Å²) in [6.45, 7) is 0.314. The third-order valence-electron chi connectivity index (χ3n) is 4.76. The number of carbonyl (C=O) groups is 2. The quantitative estimate of drug-likeness (QED) is 0.748. The Kier molecular flexibility index (Phi) is 4.37. The van der Waals surface area contributed by atoms with Gasteiger partial charge in [-0.15, -0.1) is 5.10 Å². The SMILES string of the molecule is O=C(O)C1Cc2ccccc2CN1C(=O)Cc1ccc(-n2cnnn2)cc1. The Hall–Kier alpha value is -3.55. The molecule has 0 bridgehead atoms. The fourth-order valence-electron chi connectivity index (χ4n) is 3.33. The van der Waals surface area contributed by atoms with Crippen molar-refractivity contribution in [3.05, 3.63) is 71.5 Å². The first-order valence-electron chi connectivity index (χ1n) is 8.53. The molecule has 0 fully saturated rings. The summed E-state index contributed by atoms with van der Waals surface area (Å²) >= 11 is 0. The molecule has 1 unspecified atom stereocenters. The number of aromatic nitrogens is 4. The van der Waals surface area contributed by atoms with E-state index in [1.165, 1.54) is 15.9 Å². The highest BCUT2D eigenvalue weighted by atomic mass is 16.4. The molecule has 2 aromatic carbocycles. The lowest BCUT2D eigenvalue weighted by molar-refractivity contribution is -0.151. The molecule has 1 atom stereocenters. The Balaban J connectivity index is 1.52. The minimum atomic E-state index is -0.980. The zero-order valence-electron chi connectivity index (χ0n) is 14.4. The van der Waals surface area contributed by atoms with Crippen LogP contribution in [0.15, 0.2) is 54.9 Å². The van der Waals surface area contributed by atoms with Crippen LogP contribution in [-0.4, -0.2) is 48.1 Å². The number of aliphatic carboxylic acids is 1. The van der Waals surface area contributed by atoms with Gasteiger partial charge in [0.2, 0.25) is 5.91 Å². The summed E-state index contributed by atoms with van der Waals surface area (Å²) in [5.41, 5.74) is 3.57. The zero-order chi connectivity index (χ0) is 18.8. The van der Waals surface area contributed by atoms with Crippen LogP contribution < -0.4 is 0 Å². The number of rotatable bonds is 4. The van der Waals surface area contributed by atoms with Crippen LogP contribution in [0, 0.1) is 0 Å². The largest absolute Gasteiger partial charge is 0.480 e. The fourth-order valence-corrected chi connectivity index (χ4v) is 3.33. The van der Waals surface area contributed by atoms with Gasteiger partial charge >= 0.3 is 5.97 Å². The number of carbonyl (C=O) groups excluding carboxylic acids is 1. The molecule has 1 aliphatic heterocycles. The Bertz CT molecular complexity index is 969. The summed E-state index contributed by atoms with van der Waals surface area (Å²) in [6, 6.07) is 14.1. The molecule has 1 aliphatic rings. The van der Waals surface area contributed by atoms with Gasteiger partial charge in [0.25, 0.3) is 0 Å². The van der Waals surface area contributed by atoms with Gasteiger partial charge in [0.05, 0.1) is 12.1 Å². The van der Waals surface area contributed by atoms with Crippen molar-refractivity contribution in [2.75, 3.05) is 0 Å². The molecule has 8 heteroatoms. The van der Waals surface area contributed by atoms with Crippen LogP contribution in [0.5, 0.6) is 0 Å². The molecule has 0 saturated heterocycles. The highest BCUT2D eigenvalue weighted by molar-refractivity contribution is 5.85. The summed E-state index contributed by atoms with van der Waals surface area (Å²) in [5, 5.41) is 20.6. The molecule has 8 nitrogen and oxygen atoms in total. The molecule has 0 aliphatic carbocycles. The number of tetrazole rings is 1. The Morgan fingerprint density at radius 1 is 1.07 bits per heavy atom. The normalized spacial score (nSPS) is 16.0. The number of carboxylic acid groups (broad SMARTS) is 1. The van der Waals surface area contributed by atoms with Gasteiger partial charge in [-0.2, -0.15) is 0 Å². The van der Waals surface area contributed by atoms with Crippen LogP contribution in [0.25, 0.3) is 5.69 Å². The third kappa shape index (κ3) is 3.41. The standard InChI is InChI=1S/C19H17N5O3/c25-18(9-13-5-7-16(8-6-13)24-12-20-21-22-24)23-11-15-4-2-1-3-14(15)10-17(23)19(26)27/h1-8,12,17H,9-11H2,(H,26,27). The lowest BCUT2D eigenvalue weighted by Gasteiger charge is -2.34. The summed E-state index contributed by atoms with van der Waals surface area (Å²) in [5.74, 6) is -1.18. The lowest BCUT2D eigenvalue weighted by atomic mass is 9.93. The first-order chi connectivity index (χ1) is 13.1. The average Bonchev–Trinajstić information content (AvgIpc) is 3.22. The van der Waals surface area contributed by atoms with Crippen LogP contribution >= 0.6 is 0 Å². The monoisotopic (exact) mass is 363 g/mol. The van der Waals surface area contributed by atoms with E-state index in [4.69, 9.17) is 0 Å². The second kappa shape index (κ2) is 6.99. The van der Waals surface area contributed by atoms with Gasteiger partial charge in [-0.3, -0.25) is 4.79 Å². The Morgan fingerprint density at radius 2 is 1.81 bits per heavy atom. The molecule has 0 spiro atoms. The predicted molar refractivity (Wildman–Crippen MR) is 95.0 cm³/mol. The van der Waals surface area contributed by atoms with E-state index in [-0.39, 0.29) is 12.3 Å². The smallest absolute Gasteiger partial charge is 0.326 e.